The van der Waals surface area contributed by atoms with Gasteiger partial charge in [0.15, 0.2) is 0 Å². The van der Waals surface area contributed by atoms with Gasteiger partial charge in [0.25, 0.3) is 11.8 Å². The minimum Gasteiger partial charge on any atom is -0.489 e. The van der Waals surface area contributed by atoms with Crippen molar-refractivity contribution in [1.82, 2.24) is 9.03 Å². The number of carbonyl (C=O) groups excluding carboxylic acids is 1. The number of rotatable bonds is 6. The van der Waals surface area contributed by atoms with Crippen LogP contribution in [0.4, 0.5) is 30.7 Å². The van der Waals surface area contributed by atoms with Crippen LogP contribution in [-0.4, -0.2) is 37.6 Å². The Labute approximate surface area is 187 Å². The van der Waals surface area contributed by atoms with Gasteiger partial charge in [-0.05, 0) is 30.3 Å². The molecular formula is C18H12ClF7N2O4S. The van der Waals surface area contributed by atoms with Crippen molar-refractivity contribution >= 4 is 27.7 Å². The number of amides is 1. The Morgan fingerprint density at radius 3 is 2.33 bits per heavy atom. The quantitative estimate of drug-likeness (QED) is 0.581. The number of nitrogens with one attached hydrogen (secondary N) is 1. The molecule has 0 atom stereocenters. The minimum absolute atomic E-state index is 0.239. The topological polar surface area (TPSA) is 75.7 Å². The normalized spacial score (nSPS) is 16.2. The van der Waals surface area contributed by atoms with Crippen molar-refractivity contribution in [2.45, 2.75) is 18.7 Å². The number of hydrogen-bond donors (Lipinski definition) is 1. The number of halogens is 8. The first-order chi connectivity index (χ1) is 15.1. The number of carbonyl (C=O) groups is 1. The van der Waals surface area contributed by atoms with Crippen molar-refractivity contribution in [2.24, 2.45) is 0 Å². The van der Waals surface area contributed by atoms with Crippen molar-refractivity contribution in [3.8, 4) is 5.75 Å². The highest BCUT2D eigenvalue weighted by atomic mass is 35.5. The Morgan fingerprint density at radius 2 is 1.76 bits per heavy atom. The molecular weight excluding hydrogens is 509 g/mol. The highest BCUT2D eigenvalue weighted by Gasteiger charge is 2.50. The largest absolute Gasteiger partial charge is 0.489 e. The zero-order valence-corrected chi connectivity index (χ0v) is 17.6. The smallest absolute Gasteiger partial charge is 0.417 e. The molecule has 1 heterocycles. The summed E-state index contributed by atoms with van der Waals surface area (Å²) in [5, 5.41) is -0.598. The molecule has 33 heavy (non-hydrogen) atoms. The van der Waals surface area contributed by atoms with Gasteiger partial charge in [0, 0.05) is 5.56 Å². The third kappa shape index (κ3) is 5.68. The zero-order chi connectivity index (χ0) is 24.8. The third-order valence-electron chi connectivity index (χ3n) is 4.40. The number of benzene rings is 2. The van der Waals surface area contributed by atoms with Crippen LogP contribution in [0, 0.1) is 11.6 Å². The summed E-state index contributed by atoms with van der Waals surface area (Å²) >= 11 is 5.48. The second-order valence-electron chi connectivity index (χ2n) is 6.91. The van der Waals surface area contributed by atoms with Crippen LogP contribution in [0.15, 0.2) is 30.3 Å². The molecule has 0 aliphatic carbocycles. The van der Waals surface area contributed by atoms with Crippen LogP contribution in [0.1, 0.15) is 21.5 Å². The van der Waals surface area contributed by atoms with Crippen molar-refractivity contribution in [2.75, 3.05) is 13.1 Å². The van der Waals surface area contributed by atoms with E-state index in [1.165, 1.54) is 4.72 Å². The summed E-state index contributed by atoms with van der Waals surface area (Å²) in [6.45, 7) is -3.10. The summed E-state index contributed by atoms with van der Waals surface area (Å²) in [5.74, 6) is -7.85. The Balaban J connectivity index is 1.72. The van der Waals surface area contributed by atoms with Crippen molar-refractivity contribution in [1.29, 1.82) is 0 Å². The van der Waals surface area contributed by atoms with Gasteiger partial charge < -0.3 is 4.74 Å². The third-order valence-corrected chi connectivity index (χ3v) is 6.11. The fraction of sp³-hybridized carbons (Fsp3) is 0.278. The highest BCUT2D eigenvalue weighted by molar-refractivity contribution is 7.87. The molecule has 1 fully saturated rings. The van der Waals surface area contributed by atoms with Gasteiger partial charge >= 0.3 is 16.4 Å². The molecule has 15 heteroatoms. The zero-order valence-electron chi connectivity index (χ0n) is 16.0. The second kappa shape index (κ2) is 8.65. The van der Waals surface area contributed by atoms with E-state index in [1.54, 1.807) is 0 Å². The van der Waals surface area contributed by atoms with Crippen LogP contribution in [0.25, 0.3) is 0 Å². The monoisotopic (exact) mass is 520 g/mol. The molecule has 0 bridgehead atoms. The van der Waals surface area contributed by atoms with E-state index in [0.717, 1.165) is 12.1 Å². The lowest BCUT2D eigenvalue weighted by Crippen LogP contribution is -2.61. The SMILES string of the molecule is O=C(NS(=O)(=O)N1CC(F)(F)C1)c1cc(F)c(COc2ccc(Cl)c(C(F)(F)F)c2)cc1F. The average Bonchev–Trinajstić information content (AvgIpc) is 2.66. The molecule has 1 aliphatic rings. The molecule has 2 aromatic rings. The lowest BCUT2D eigenvalue weighted by Gasteiger charge is -2.37. The van der Waals surface area contributed by atoms with E-state index in [0.29, 0.717) is 18.2 Å². The van der Waals surface area contributed by atoms with Crippen LogP contribution in [0.5, 0.6) is 5.75 Å². The number of alkyl halides is 5. The maximum absolute atomic E-state index is 14.3. The van der Waals surface area contributed by atoms with E-state index in [2.05, 4.69) is 0 Å². The Kier molecular flexibility index (Phi) is 6.56. The summed E-state index contributed by atoms with van der Waals surface area (Å²) in [6, 6.07) is 3.35. The van der Waals surface area contributed by atoms with Crippen LogP contribution >= 0.6 is 11.6 Å². The summed E-state index contributed by atoms with van der Waals surface area (Å²) in [5.41, 5.74) is -2.75. The molecule has 0 spiro atoms. The number of hydrogen-bond acceptors (Lipinski definition) is 4. The van der Waals surface area contributed by atoms with E-state index >= 15 is 0 Å². The summed E-state index contributed by atoms with van der Waals surface area (Å²) in [7, 11) is -4.71. The highest BCUT2D eigenvalue weighted by Crippen LogP contribution is 2.37. The lowest BCUT2D eigenvalue weighted by molar-refractivity contribution is -0.137. The standard InChI is InChI=1S/C18H12ClF7N2O4S/c19-13-2-1-10(4-12(13)18(24,25)26)32-6-9-3-15(21)11(5-14(9)20)16(29)27-33(30,31)28-7-17(22,23)8-28/h1-5H,6-8H2,(H,27,29). The van der Waals surface area contributed by atoms with Gasteiger partial charge in [0.2, 0.25) is 0 Å². The van der Waals surface area contributed by atoms with Gasteiger partial charge in [-0.1, -0.05) is 11.6 Å². The number of ether oxygens (including phenoxy) is 1. The second-order valence-corrected chi connectivity index (χ2v) is 8.99. The lowest BCUT2D eigenvalue weighted by atomic mass is 10.1. The predicted molar refractivity (Wildman–Crippen MR) is 100 cm³/mol. The molecule has 6 nitrogen and oxygen atoms in total. The van der Waals surface area contributed by atoms with Crippen molar-refractivity contribution in [3.05, 3.63) is 63.7 Å². The van der Waals surface area contributed by atoms with Gasteiger partial charge in [-0.3, -0.25) is 4.79 Å². The fourth-order valence-electron chi connectivity index (χ4n) is 2.72. The molecule has 0 aromatic heterocycles. The van der Waals surface area contributed by atoms with E-state index < -0.39 is 81.3 Å². The minimum atomic E-state index is -4.78. The van der Waals surface area contributed by atoms with Crippen LogP contribution in [-0.2, 0) is 23.0 Å². The summed E-state index contributed by atoms with van der Waals surface area (Å²) in [6.07, 6.45) is -4.78. The first-order valence-electron chi connectivity index (χ1n) is 8.76. The van der Waals surface area contributed by atoms with Gasteiger partial charge in [-0.25, -0.2) is 22.3 Å². The van der Waals surface area contributed by atoms with Crippen LogP contribution in [0.3, 0.4) is 0 Å². The average molecular weight is 521 g/mol. The number of nitrogens with zero attached hydrogens (tertiary/aromatic N) is 1. The molecule has 3 rings (SSSR count). The molecule has 1 amide bonds. The molecule has 1 N–H and O–H groups in total. The molecule has 1 saturated heterocycles. The van der Waals surface area contributed by atoms with Gasteiger partial charge in [0.05, 0.1) is 29.2 Å². The Hall–Kier alpha value is -2.58. The molecule has 180 valence electrons. The Morgan fingerprint density at radius 1 is 1.12 bits per heavy atom. The first kappa shape index (κ1) is 25.1. The van der Waals surface area contributed by atoms with E-state index in [-0.39, 0.29) is 10.1 Å². The Bertz CT molecular complexity index is 1200. The molecule has 0 unspecified atom stereocenters. The van der Waals surface area contributed by atoms with Gasteiger partial charge in [-0.2, -0.15) is 25.9 Å². The van der Waals surface area contributed by atoms with E-state index in [9.17, 15) is 43.9 Å². The van der Waals surface area contributed by atoms with E-state index in [1.807, 2.05) is 0 Å². The van der Waals surface area contributed by atoms with Gasteiger partial charge in [-0.15, -0.1) is 0 Å². The predicted octanol–water partition coefficient (Wildman–Crippen LogP) is 4.14. The van der Waals surface area contributed by atoms with Crippen LogP contribution in [0.2, 0.25) is 5.02 Å². The summed E-state index contributed by atoms with van der Waals surface area (Å²) in [4.78, 5) is 12.0. The van der Waals surface area contributed by atoms with E-state index in [4.69, 9.17) is 16.3 Å². The van der Waals surface area contributed by atoms with Crippen LogP contribution < -0.4 is 9.46 Å². The van der Waals surface area contributed by atoms with Crippen molar-refractivity contribution in [3.63, 3.8) is 0 Å². The maximum atomic E-state index is 14.3. The first-order valence-corrected chi connectivity index (χ1v) is 10.6. The fourth-order valence-corrected chi connectivity index (χ4v) is 4.14. The molecule has 2 aromatic carbocycles. The van der Waals surface area contributed by atoms with Gasteiger partial charge in [0.1, 0.15) is 24.0 Å². The molecule has 1 aliphatic heterocycles. The molecule has 0 radical (unpaired) electrons. The van der Waals surface area contributed by atoms with Crippen molar-refractivity contribution < 1.29 is 48.7 Å². The summed E-state index contributed by atoms with van der Waals surface area (Å²) < 4.78 is 123. The molecule has 0 saturated carbocycles. The maximum Gasteiger partial charge on any atom is 0.417 e.